The zero-order valence-electron chi connectivity index (χ0n) is 10.4. The Kier molecular flexibility index (Phi) is 3.09. The van der Waals surface area contributed by atoms with Gasteiger partial charge in [-0.3, -0.25) is 4.79 Å². The molecule has 0 aromatic heterocycles. The minimum atomic E-state index is -0.677. The van der Waals surface area contributed by atoms with E-state index in [1.165, 1.54) is 0 Å². The van der Waals surface area contributed by atoms with E-state index in [2.05, 4.69) is 0 Å². The summed E-state index contributed by atoms with van der Waals surface area (Å²) in [5.41, 5.74) is 1.33. The van der Waals surface area contributed by atoms with E-state index in [9.17, 15) is 9.90 Å². The van der Waals surface area contributed by atoms with Gasteiger partial charge in [-0.1, -0.05) is 31.0 Å². The number of rotatable bonds is 3. The molecule has 0 saturated heterocycles. The highest BCUT2D eigenvalue weighted by atomic mass is 16.4. The van der Waals surface area contributed by atoms with E-state index in [1.54, 1.807) is 0 Å². The normalized spacial score (nSPS) is 18.0. The first kappa shape index (κ1) is 12.0. The molecule has 1 N–H and O–H groups in total. The Morgan fingerprint density at radius 3 is 2.35 bits per heavy atom. The molecule has 3 nitrogen and oxygen atoms in total. The van der Waals surface area contributed by atoms with Gasteiger partial charge in [0.15, 0.2) is 0 Å². The Labute approximate surface area is 102 Å². The molecule has 0 amide bonds. The summed E-state index contributed by atoms with van der Waals surface area (Å²) in [4.78, 5) is 13.7. The summed E-state index contributed by atoms with van der Waals surface area (Å²) in [6.07, 6.45) is 3.53. The Morgan fingerprint density at radius 1 is 1.24 bits per heavy atom. The maximum Gasteiger partial charge on any atom is 0.314 e. The first-order valence-corrected chi connectivity index (χ1v) is 6.08. The van der Waals surface area contributed by atoms with Crippen molar-refractivity contribution in [2.75, 3.05) is 19.0 Å². The molecular formula is C14H19NO2. The Hall–Kier alpha value is -1.51. The minimum absolute atomic E-state index is 0.666. The van der Waals surface area contributed by atoms with Crippen LogP contribution in [0.15, 0.2) is 24.3 Å². The summed E-state index contributed by atoms with van der Waals surface area (Å²) in [6.45, 7) is 0. The average molecular weight is 233 g/mol. The number of aliphatic carboxylic acids is 1. The fourth-order valence-corrected chi connectivity index (χ4v) is 2.85. The number of hydrogen-bond donors (Lipinski definition) is 1. The van der Waals surface area contributed by atoms with Gasteiger partial charge in [0.2, 0.25) is 0 Å². The van der Waals surface area contributed by atoms with E-state index < -0.39 is 11.4 Å². The van der Waals surface area contributed by atoms with Crippen molar-refractivity contribution < 1.29 is 9.90 Å². The lowest BCUT2D eigenvalue weighted by atomic mass is 9.78. The molecule has 1 aromatic carbocycles. The van der Waals surface area contributed by atoms with Crippen molar-refractivity contribution in [2.24, 2.45) is 0 Å². The largest absolute Gasteiger partial charge is 0.481 e. The predicted molar refractivity (Wildman–Crippen MR) is 68.6 cm³/mol. The van der Waals surface area contributed by atoms with Crippen molar-refractivity contribution in [3.05, 3.63) is 29.8 Å². The third-order valence-electron chi connectivity index (χ3n) is 3.77. The van der Waals surface area contributed by atoms with E-state index >= 15 is 0 Å². The number of para-hydroxylation sites is 1. The van der Waals surface area contributed by atoms with Crippen molar-refractivity contribution in [3.8, 4) is 0 Å². The fraction of sp³-hybridized carbons (Fsp3) is 0.500. The highest BCUT2D eigenvalue weighted by molar-refractivity contribution is 5.84. The molecule has 3 heteroatoms. The average Bonchev–Trinajstić information content (AvgIpc) is 2.79. The molecule has 1 aliphatic carbocycles. The number of nitrogens with zero attached hydrogens (tertiary/aromatic N) is 1. The number of carbonyl (C=O) groups is 1. The lowest BCUT2D eigenvalue weighted by Gasteiger charge is -2.29. The van der Waals surface area contributed by atoms with Crippen LogP contribution in [0.5, 0.6) is 0 Å². The van der Waals surface area contributed by atoms with Crippen molar-refractivity contribution in [1.82, 2.24) is 0 Å². The predicted octanol–water partition coefficient (Wildman–Crippen LogP) is 2.65. The zero-order chi connectivity index (χ0) is 12.5. The maximum absolute atomic E-state index is 11.7. The molecule has 1 aromatic rings. The summed E-state index contributed by atoms with van der Waals surface area (Å²) < 4.78 is 0. The molecule has 0 atom stereocenters. The number of anilines is 1. The molecule has 0 spiro atoms. The topological polar surface area (TPSA) is 40.5 Å². The lowest BCUT2D eigenvalue weighted by Crippen LogP contribution is -2.34. The quantitative estimate of drug-likeness (QED) is 0.872. The zero-order valence-corrected chi connectivity index (χ0v) is 10.4. The monoisotopic (exact) mass is 233 g/mol. The molecule has 0 unspecified atom stereocenters. The van der Waals surface area contributed by atoms with E-state index in [0.29, 0.717) is 0 Å². The van der Waals surface area contributed by atoms with Crippen LogP contribution in [0.25, 0.3) is 0 Å². The third-order valence-corrected chi connectivity index (χ3v) is 3.77. The first-order chi connectivity index (χ1) is 8.08. The van der Waals surface area contributed by atoms with Gasteiger partial charge in [-0.25, -0.2) is 0 Å². The van der Waals surface area contributed by atoms with E-state index in [4.69, 9.17) is 0 Å². The van der Waals surface area contributed by atoms with Crippen LogP contribution in [0.3, 0.4) is 0 Å². The molecule has 1 saturated carbocycles. The molecule has 92 valence electrons. The number of carboxylic acid groups (broad SMARTS) is 1. The summed E-state index contributed by atoms with van der Waals surface area (Å²) in [5, 5.41) is 9.60. The van der Waals surface area contributed by atoms with Gasteiger partial charge >= 0.3 is 5.97 Å². The highest BCUT2D eigenvalue weighted by Gasteiger charge is 2.44. The van der Waals surface area contributed by atoms with Crippen molar-refractivity contribution >= 4 is 11.7 Å². The summed E-state index contributed by atoms with van der Waals surface area (Å²) in [6, 6.07) is 7.86. The van der Waals surface area contributed by atoms with Gasteiger partial charge in [0.1, 0.15) is 0 Å². The third kappa shape index (κ3) is 1.90. The Bertz CT molecular complexity index is 420. The number of hydrogen-bond acceptors (Lipinski definition) is 2. The molecule has 0 heterocycles. The fourth-order valence-electron chi connectivity index (χ4n) is 2.85. The van der Waals surface area contributed by atoms with Gasteiger partial charge < -0.3 is 10.0 Å². The van der Waals surface area contributed by atoms with Crippen LogP contribution in [0.4, 0.5) is 5.69 Å². The SMILES string of the molecule is CN(C)c1ccccc1C1(C(=O)O)CCCC1. The molecule has 0 radical (unpaired) electrons. The summed E-state index contributed by atoms with van der Waals surface area (Å²) >= 11 is 0. The van der Waals surface area contributed by atoms with Gasteiger partial charge in [0.25, 0.3) is 0 Å². The molecule has 17 heavy (non-hydrogen) atoms. The molecule has 0 bridgehead atoms. The van der Waals surface area contributed by atoms with Gasteiger partial charge in [0, 0.05) is 19.8 Å². The smallest absolute Gasteiger partial charge is 0.314 e. The van der Waals surface area contributed by atoms with E-state index in [1.807, 2.05) is 43.3 Å². The van der Waals surface area contributed by atoms with Crippen molar-refractivity contribution in [1.29, 1.82) is 0 Å². The standard InChI is InChI=1S/C14H19NO2/c1-15(2)12-8-4-3-7-11(12)14(13(16)17)9-5-6-10-14/h3-4,7-8H,5-6,9-10H2,1-2H3,(H,16,17). The second-order valence-electron chi connectivity index (χ2n) is 5.01. The van der Waals surface area contributed by atoms with Crippen LogP contribution < -0.4 is 4.90 Å². The molecule has 1 aliphatic rings. The molecular weight excluding hydrogens is 214 g/mol. The first-order valence-electron chi connectivity index (χ1n) is 6.08. The Morgan fingerprint density at radius 2 is 1.82 bits per heavy atom. The molecule has 2 rings (SSSR count). The maximum atomic E-state index is 11.7. The van der Waals surface area contributed by atoms with E-state index in [0.717, 1.165) is 36.9 Å². The second-order valence-corrected chi connectivity index (χ2v) is 5.01. The van der Waals surface area contributed by atoms with Crippen molar-refractivity contribution in [3.63, 3.8) is 0 Å². The van der Waals surface area contributed by atoms with Gasteiger partial charge in [0.05, 0.1) is 5.41 Å². The van der Waals surface area contributed by atoms with Gasteiger partial charge in [-0.05, 0) is 24.5 Å². The van der Waals surface area contributed by atoms with Crippen molar-refractivity contribution in [2.45, 2.75) is 31.1 Å². The minimum Gasteiger partial charge on any atom is -0.481 e. The second kappa shape index (κ2) is 4.40. The van der Waals surface area contributed by atoms with Crippen LogP contribution in [0.1, 0.15) is 31.2 Å². The van der Waals surface area contributed by atoms with Crippen LogP contribution in [0.2, 0.25) is 0 Å². The number of carboxylic acids is 1. The van der Waals surface area contributed by atoms with Crippen LogP contribution in [-0.4, -0.2) is 25.2 Å². The van der Waals surface area contributed by atoms with Crippen LogP contribution >= 0.6 is 0 Å². The van der Waals surface area contributed by atoms with Crippen LogP contribution in [-0.2, 0) is 10.2 Å². The highest BCUT2D eigenvalue weighted by Crippen LogP contribution is 2.44. The van der Waals surface area contributed by atoms with Crippen LogP contribution in [0, 0.1) is 0 Å². The lowest BCUT2D eigenvalue weighted by molar-refractivity contribution is -0.143. The molecule has 1 fully saturated rings. The Balaban J connectivity index is 2.54. The summed E-state index contributed by atoms with van der Waals surface area (Å²) in [7, 11) is 3.92. The van der Waals surface area contributed by atoms with Gasteiger partial charge in [-0.2, -0.15) is 0 Å². The molecule has 0 aliphatic heterocycles. The van der Waals surface area contributed by atoms with Gasteiger partial charge in [-0.15, -0.1) is 0 Å². The van der Waals surface area contributed by atoms with E-state index in [-0.39, 0.29) is 0 Å². The summed E-state index contributed by atoms with van der Waals surface area (Å²) in [5.74, 6) is -0.677. The number of benzene rings is 1.